The van der Waals surface area contributed by atoms with Gasteiger partial charge >= 0.3 is 0 Å². The third-order valence-corrected chi connectivity index (χ3v) is 6.24. The molecule has 0 saturated carbocycles. The maximum Gasteiger partial charge on any atom is 0.254 e. The van der Waals surface area contributed by atoms with E-state index < -0.39 is 32.6 Å². The van der Waals surface area contributed by atoms with E-state index in [1.807, 2.05) is 0 Å². The maximum absolute atomic E-state index is 14.2. The fraction of sp³-hybridized carbons (Fsp3) is 0.529. The number of piperidine rings is 1. The van der Waals surface area contributed by atoms with Crippen LogP contribution in [0.4, 0.5) is 4.39 Å². The van der Waals surface area contributed by atoms with Crippen molar-refractivity contribution in [3.05, 3.63) is 29.6 Å². The molecule has 0 spiro atoms. The minimum Gasteiger partial charge on any atom is -0.368 e. The first kappa shape index (κ1) is 20.3. The summed E-state index contributed by atoms with van der Waals surface area (Å²) in [4.78, 5) is 24.6. The molecule has 7 nitrogen and oxygen atoms in total. The molecule has 1 aliphatic heterocycles. The summed E-state index contributed by atoms with van der Waals surface area (Å²) in [5, 5.41) is 0. The fourth-order valence-corrected chi connectivity index (χ4v) is 4.51. The first-order valence-electron chi connectivity index (χ1n) is 8.53. The van der Waals surface area contributed by atoms with E-state index in [1.54, 1.807) is 13.8 Å². The van der Waals surface area contributed by atoms with Gasteiger partial charge in [-0.05, 0) is 44.9 Å². The second-order valence-corrected chi connectivity index (χ2v) is 8.51. The lowest BCUT2D eigenvalue weighted by Gasteiger charge is -2.27. The third kappa shape index (κ3) is 4.39. The molecule has 0 atom stereocenters. The Labute approximate surface area is 153 Å². The summed E-state index contributed by atoms with van der Waals surface area (Å²) < 4.78 is 41.0. The van der Waals surface area contributed by atoms with Crippen molar-refractivity contribution >= 4 is 21.8 Å². The van der Waals surface area contributed by atoms with Crippen LogP contribution in [-0.2, 0) is 14.8 Å². The number of primary amides is 1. The van der Waals surface area contributed by atoms with Crippen LogP contribution in [0.2, 0.25) is 0 Å². The van der Waals surface area contributed by atoms with Gasteiger partial charge in [0, 0.05) is 24.7 Å². The SMILES string of the molecule is CC(C)N(CC(N)=O)C(=O)c1ccc(F)c(S(=O)(=O)N2CCCCC2)c1. The van der Waals surface area contributed by atoms with Crippen LogP contribution in [0.3, 0.4) is 0 Å². The standard InChI is InChI=1S/C17H24FN3O4S/c1-12(2)21(11-16(19)22)17(23)13-6-7-14(18)15(10-13)26(24,25)20-8-4-3-5-9-20/h6-7,10,12H,3-5,8-9,11H2,1-2H3,(H2,19,22). The summed E-state index contributed by atoms with van der Waals surface area (Å²) in [6, 6.07) is 2.89. The molecular weight excluding hydrogens is 361 g/mol. The van der Waals surface area contributed by atoms with E-state index in [0.717, 1.165) is 31.4 Å². The Morgan fingerprint density at radius 2 is 1.85 bits per heavy atom. The van der Waals surface area contributed by atoms with Gasteiger partial charge < -0.3 is 10.6 Å². The molecular formula is C17H24FN3O4S. The van der Waals surface area contributed by atoms with E-state index >= 15 is 0 Å². The lowest BCUT2D eigenvalue weighted by atomic mass is 10.1. The van der Waals surface area contributed by atoms with Gasteiger partial charge in [-0.15, -0.1) is 0 Å². The lowest BCUT2D eigenvalue weighted by molar-refractivity contribution is -0.119. The number of nitrogens with zero attached hydrogens (tertiary/aromatic N) is 2. The molecule has 1 aliphatic rings. The predicted molar refractivity (Wildman–Crippen MR) is 94.4 cm³/mol. The van der Waals surface area contributed by atoms with Crippen molar-refractivity contribution < 1.29 is 22.4 Å². The molecule has 144 valence electrons. The Kier molecular flexibility index (Phi) is 6.35. The van der Waals surface area contributed by atoms with E-state index in [-0.39, 0.29) is 18.2 Å². The number of hydrogen-bond donors (Lipinski definition) is 1. The van der Waals surface area contributed by atoms with Crippen LogP contribution in [-0.4, -0.2) is 55.1 Å². The molecule has 0 aliphatic carbocycles. The van der Waals surface area contributed by atoms with Gasteiger partial charge in [0.15, 0.2) is 0 Å². The second-order valence-electron chi connectivity index (χ2n) is 6.60. The van der Waals surface area contributed by atoms with Crippen LogP contribution in [0.15, 0.2) is 23.1 Å². The molecule has 1 saturated heterocycles. The zero-order chi connectivity index (χ0) is 19.5. The second kappa shape index (κ2) is 8.13. The van der Waals surface area contributed by atoms with Crippen LogP contribution >= 0.6 is 0 Å². The number of benzene rings is 1. The Hall–Kier alpha value is -2.00. The van der Waals surface area contributed by atoms with E-state index in [1.165, 1.54) is 15.3 Å². The number of amides is 2. The number of carbonyl (C=O) groups is 2. The smallest absolute Gasteiger partial charge is 0.254 e. The number of hydrogen-bond acceptors (Lipinski definition) is 4. The van der Waals surface area contributed by atoms with Crippen molar-refractivity contribution in [3.63, 3.8) is 0 Å². The minimum absolute atomic E-state index is 0.00284. The van der Waals surface area contributed by atoms with Crippen LogP contribution in [0.25, 0.3) is 0 Å². The molecule has 0 unspecified atom stereocenters. The molecule has 0 bridgehead atoms. The predicted octanol–water partition coefficient (Wildman–Crippen LogP) is 1.34. The van der Waals surface area contributed by atoms with Crippen LogP contribution in [0.5, 0.6) is 0 Å². The van der Waals surface area contributed by atoms with Crippen LogP contribution in [0.1, 0.15) is 43.5 Å². The molecule has 2 rings (SSSR count). The number of halogens is 1. The highest BCUT2D eigenvalue weighted by Gasteiger charge is 2.30. The number of sulfonamides is 1. The molecule has 2 amide bonds. The molecule has 1 heterocycles. The Morgan fingerprint density at radius 1 is 1.23 bits per heavy atom. The van der Waals surface area contributed by atoms with Gasteiger partial charge in [-0.1, -0.05) is 6.42 Å². The highest BCUT2D eigenvalue weighted by atomic mass is 32.2. The largest absolute Gasteiger partial charge is 0.368 e. The molecule has 1 aromatic carbocycles. The molecule has 0 radical (unpaired) electrons. The van der Waals surface area contributed by atoms with Gasteiger partial charge in [-0.25, -0.2) is 12.8 Å². The Bertz CT molecular complexity index is 789. The molecule has 9 heteroatoms. The van der Waals surface area contributed by atoms with E-state index in [4.69, 9.17) is 5.73 Å². The normalized spacial score (nSPS) is 15.8. The first-order chi connectivity index (χ1) is 12.1. The van der Waals surface area contributed by atoms with Gasteiger partial charge in [-0.2, -0.15) is 4.31 Å². The van der Waals surface area contributed by atoms with Gasteiger partial charge in [0.05, 0.1) is 6.54 Å². The van der Waals surface area contributed by atoms with E-state index in [9.17, 15) is 22.4 Å². The summed E-state index contributed by atoms with van der Waals surface area (Å²) in [6.45, 7) is 3.77. The molecule has 0 aromatic heterocycles. The molecule has 2 N–H and O–H groups in total. The van der Waals surface area contributed by atoms with Gasteiger partial charge in [-0.3, -0.25) is 9.59 Å². The quantitative estimate of drug-likeness (QED) is 0.798. The summed E-state index contributed by atoms with van der Waals surface area (Å²) in [7, 11) is -4.02. The summed E-state index contributed by atoms with van der Waals surface area (Å²) in [6.07, 6.45) is 2.38. The summed E-state index contributed by atoms with van der Waals surface area (Å²) in [5.74, 6) is -2.16. The zero-order valence-electron chi connectivity index (χ0n) is 14.9. The Balaban J connectivity index is 2.39. The molecule has 26 heavy (non-hydrogen) atoms. The van der Waals surface area contributed by atoms with Crippen molar-refractivity contribution in [1.29, 1.82) is 0 Å². The highest BCUT2D eigenvalue weighted by Crippen LogP contribution is 2.24. The van der Waals surface area contributed by atoms with Crippen LogP contribution in [0, 0.1) is 5.82 Å². The topological polar surface area (TPSA) is 101 Å². The number of nitrogens with two attached hydrogens (primary N) is 1. The monoisotopic (exact) mass is 385 g/mol. The van der Waals surface area contributed by atoms with Crippen LogP contribution < -0.4 is 5.73 Å². The van der Waals surface area contributed by atoms with Gasteiger partial charge in [0.1, 0.15) is 10.7 Å². The van der Waals surface area contributed by atoms with Crippen molar-refractivity contribution in [2.24, 2.45) is 5.73 Å². The summed E-state index contributed by atoms with van der Waals surface area (Å²) >= 11 is 0. The average molecular weight is 385 g/mol. The number of rotatable bonds is 6. The maximum atomic E-state index is 14.2. The van der Waals surface area contributed by atoms with Crippen molar-refractivity contribution in [1.82, 2.24) is 9.21 Å². The average Bonchev–Trinajstić information content (AvgIpc) is 2.59. The van der Waals surface area contributed by atoms with E-state index in [0.29, 0.717) is 13.1 Å². The highest BCUT2D eigenvalue weighted by molar-refractivity contribution is 7.89. The van der Waals surface area contributed by atoms with E-state index in [2.05, 4.69) is 0 Å². The first-order valence-corrected chi connectivity index (χ1v) is 9.97. The van der Waals surface area contributed by atoms with Crippen molar-refractivity contribution in [2.75, 3.05) is 19.6 Å². The minimum atomic E-state index is -4.02. The van der Waals surface area contributed by atoms with Gasteiger partial charge in [0.2, 0.25) is 15.9 Å². The summed E-state index contributed by atoms with van der Waals surface area (Å²) in [5.41, 5.74) is 5.17. The van der Waals surface area contributed by atoms with Crippen molar-refractivity contribution in [2.45, 2.75) is 44.0 Å². The fourth-order valence-electron chi connectivity index (χ4n) is 2.90. The lowest BCUT2D eigenvalue weighted by Crippen LogP contribution is -2.43. The Morgan fingerprint density at radius 3 is 2.38 bits per heavy atom. The third-order valence-electron chi connectivity index (χ3n) is 4.32. The van der Waals surface area contributed by atoms with Crippen molar-refractivity contribution in [3.8, 4) is 0 Å². The molecule has 1 aromatic rings. The zero-order valence-corrected chi connectivity index (χ0v) is 15.8. The molecule has 1 fully saturated rings. The van der Waals surface area contributed by atoms with Gasteiger partial charge in [0.25, 0.3) is 5.91 Å². The number of carbonyl (C=O) groups excluding carboxylic acids is 2.